The first-order chi connectivity index (χ1) is 16.0. The van der Waals surface area contributed by atoms with Crippen LogP contribution in [0.1, 0.15) is 34.8 Å². The Morgan fingerprint density at radius 1 is 1.12 bits per heavy atom. The molecule has 0 saturated carbocycles. The number of benzene rings is 2. The zero-order valence-corrected chi connectivity index (χ0v) is 20.5. The third kappa shape index (κ3) is 3.92. The van der Waals surface area contributed by atoms with Crippen LogP contribution in [0.4, 0.5) is 13.2 Å². The number of halogens is 5. The second kappa shape index (κ2) is 8.25. The van der Waals surface area contributed by atoms with Gasteiger partial charge >= 0.3 is 6.18 Å². The lowest BCUT2D eigenvalue weighted by Gasteiger charge is -2.38. The topological polar surface area (TPSA) is 76.5 Å². The summed E-state index contributed by atoms with van der Waals surface area (Å²) in [5, 5.41) is 6.87. The molecule has 13 heteroatoms. The molecule has 2 aliphatic rings. The highest BCUT2D eigenvalue weighted by Crippen LogP contribution is 2.50. The van der Waals surface area contributed by atoms with Crippen molar-refractivity contribution in [2.24, 2.45) is 5.16 Å². The van der Waals surface area contributed by atoms with Crippen molar-refractivity contribution in [3.63, 3.8) is 0 Å². The predicted molar refractivity (Wildman–Crippen MR) is 127 cm³/mol. The molecule has 178 valence electrons. The molecule has 1 unspecified atom stereocenters. The van der Waals surface area contributed by atoms with Crippen molar-refractivity contribution in [3.05, 3.63) is 57.1 Å². The van der Waals surface area contributed by atoms with Crippen molar-refractivity contribution >= 4 is 69.3 Å². The maximum atomic E-state index is 14.3. The van der Waals surface area contributed by atoms with Crippen LogP contribution in [0.15, 0.2) is 35.5 Å². The summed E-state index contributed by atoms with van der Waals surface area (Å²) in [5.41, 5.74) is -2.10. The van der Waals surface area contributed by atoms with Crippen LogP contribution < -0.4 is 5.32 Å². The fourth-order valence-corrected chi connectivity index (χ4v) is 6.00. The normalized spacial score (nSPS) is 21.6. The molecule has 1 atom stereocenters. The van der Waals surface area contributed by atoms with Gasteiger partial charge < -0.3 is 10.2 Å². The highest BCUT2D eigenvalue weighted by Gasteiger charge is 2.62. The minimum atomic E-state index is -4.82. The van der Waals surface area contributed by atoms with Crippen molar-refractivity contribution in [3.8, 4) is 0 Å². The molecule has 1 amide bonds. The van der Waals surface area contributed by atoms with Crippen LogP contribution in [0, 0.1) is 0 Å². The van der Waals surface area contributed by atoms with Crippen LogP contribution in [0.3, 0.4) is 0 Å². The van der Waals surface area contributed by atoms with E-state index in [0.717, 1.165) is 35.4 Å². The minimum absolute atomic E-state index is 0.0282. The molecule has 6 nitrogen and oxygen atoms in total. The molecular formula is C21H15Cl2F3N4O2S2. The molecule has 0 spiro atoms. The van der Waals surface area contributed by atoms with Gasteiger partial charge in [0.1, 0.15) is 11.0 Å². The van der Waals surface area contributed by atoms with E-state index in [0.29, 0.717) is 16.6 Å². The predicted octanol–water partition coefficient (Wildman–Crippen LogP) is 5.82. The first-order valence-corrected chi connectivity index (χ1v) is 12.6. The zero-order valence-electron chi connectivity index (χ0n) is 17.4. The summed E-state index contributed by atoms with van der Waals surface area (Å²) in [4.78, 5) is 17.9. The van der Waals surface area contributed by atoms with Crippen LogP contribution in [-0.4, -0.2) is 43.6 Å². The fraction of sp³-hybridized carbons (Fsp3) is 0.333. The van der Waals surface area contributed by atoms with Gasteiger partial charge in [-0.15, -0.1) is 0 Å². The Labute approximate surface area is 210 Å². The Balaban J connectivity index is 1.51. The third-order valence-electron chi connectivity index (χ3n) is 5.74. The average Bonchev–Trinajstić information content (AvgIpc) is 3.39. The van der Waals surface area contributed by atoms with E-state index in [1.807, 2.05) is 6.92 Å². The summed E-state index contributed by atoms with van der Waals surface area (Å²) in [6.07, 6.45) is -5.44. The third-order valence-corrected chi connectivity index (χ3v) is 8.39. The van der Waals surface area contributed by atoms with Gasteiger partial charge in [0, 0.05) is 32.7 Å². The van der Waals surface area contributed by atoms with Gasteiger partial charge in [-0.2, -0.15) is 33.7 Å². The number of aromatic nitrogens is 2. The molecule has 0 radical (unpaired) electrons. The molecule has 3 heterocycles. The van der Waals surface area contributed by atoms with Crippen LogP contribution in [0.25, 0.3) is 11.0 Å². The molecule has 0 aliphatic carbocycles. The zero-order chi connectivity index (χ0) is 24.3. The number of nitrogens with one attached hydrogen (secondary N) is 1. The lowest BCUT2D eigenvalue weighted by molar-refractivity contribution is -0.275. The lowest BCUT2D eigenvalue weighted by Crippen LogP contribution is -2.55. The van der Waals surface area contributed by atoms with E-state index in [-0.39, 0.29) is 38.3 Å². The van der Waals surface area contributed by atoms with E-state index >= 15 is 0 Å². The van der Waals surface area contributed by atoms with Gasteiger partial charge in [0.2, 0.25) is 0 Å². The molecular weight excluding hydrogens is 532 g/mol. The largest absolute Gasteiger partial charge is 0.435 e. The number of rotatable bonds is 4. The smallest absolute Gasteiger partial charge is 0.374 e. The molecule has 1 N–H and O–H groups in total. The van der Waals surface area contributed by atoms with E-state index in [9.17, 15) is 18.0 Å². The van der Waals surface area contributed by atoms with E-state index in [4.69, 9.17) is 28.0 Å². The highest BCUT2D eigenvalue weighted by atomic mass is 35.5. The van der Waals surface area contributed by atoms with Crippen LogP contribution >= 0.6 is 46.7 Å². The van der Waals surface area contributed by atoms with Gasteiger partial charge in [-0.25, -0.2) is 0 Å². The van der Waals surface area contributed by atoms with Gasteiger partial charge in [-0.1, -0.05) is 28.4 Å². The van der Waals surface area contributed by atoms with Crippen molar-refractivity contribution in [1.29, 1.82) is 0 Å². The first-order valence-electron chi connectivity index (χ1n) is 9.96. The number of hydrogen-bond donors (Lipinski definition) is 1. The highest BCUT2D eigenvalue weighted by molar-refractivity contribution is 8.00. The van der Waals surface area contributed by atoms with Crippen molar-refractivity contribution in [2.45, 2.75) is 30.7 Å². The number of amides is 1. The number of nitrogens with zero attached hydrogens (tertiary/aromatic N) is 3. The Bertz CT molecular complexity index is 1320. The molecule has 3 aromatic rings. The lowest BCUT2D eigenvalue weighted by atomic mass is 9.86. The van der Waals surface area contributed by atoms with E-state index in [2.05, 4.69) is 19.2 Å². The van der Waals surface area contributed by atoms with Crippen LogP contribution in [0.2, 0.25) is 10.0 Å². The monoisotopic (exact) mass is 546 g/mol. The Hall–Kier alpha value is -2.08. The minimum Gasteiger partial charge on any atom is -0.374 e. The molecule has 1 fully saturated rings. The SMILES string of the molecule is CC1(NC(=O)c2ccc(C3=NOC(c4cc(Cl)cc(Cl)c4)(C(F)(F)F)C3)c3nsnc23)CSC1. The molecule has 0 bridgehead atoms. The molecule has 2 aromatic carbocycles. The first kappa shape index (κ1) is 23.7. The van der Waals surface area contributed by atoms with Gasteiger partial charge in [0.25, 0.3) is 11.5 Å². The number of alkyl halides is 3. The number of oxime groups is 1. The van der Waals surface area contributed by atoms with Gasteiger partial charge in [-0.3, -0.25) is 4.79 Å². The van der Waals surface area contributed by atoms with Crippen LogP contribution in [0.5, 0.6) is 0 Å². The summed E-state index contributed by atoms with van der Waals surface area (Å²) >= 11 is 14.5. The van der Waals surface area contributed by atoms with Gasteiger partial charge in [-0.05, 0) is 37.3 Å². The summed E-state index contributed by atoms with van der Waals surface area (Å²) in [6, 6.07) is 6.70. The molecule has 1 aromatic heterocycles. The van der Waals surface area contributed by atoms with Gasteiger partial charge in [0.15, 0.2) is 0 Å². The summed E-state index contributed by atoms with van der Waals surface area (Å²) < 4.78 is 51.4. The maximum absolute atomic E-state index is 14.3. The van der Waals surface area contributed by atoms with Crippen molar-refractivity contribution in [1.82, 2.24) is 14.1 Å². The standard InChI is InChI=1S/C21H15Cl2F3N4O2S2/c1-19(8-33-9-19)27-18(31)14-3-2-13(16-17(14)30-34-29-16)15-7-20(32-28-15,21(24,25)26)10-4-11(22)6-12(23)5-10/h2-6H,7-9H2,1H3,(H,27,31). The summed E-state index contributed by atoms with van der Waals surface area (Å²) in [6.45, 7) is 1.95. The fourth-order valence-electron chi connectivity index (χ4n) is 3.94. The van der Waals surface area contributed by atoms with Crippen LogP contribution in [-0.2, 0) is 10.4 Å². The molecule has 2 aliphatic heterocycles. The molecule has 1 saturated heterocycles. The second-order valence-corrected chi connectivity index (χ2v) is 10.8. The molecule has 5 rings (SSSR count). The number of carbonyl (C=O) groups excluding carboxylic acids is 1. The number of hydrogen-bond acceptors (Lipinski definition) is 7. The summed E-state index contributed by atoms with van der Waals surface area (Å²) in [7, 11) is 0. The summed E-state index contributed by atoms with van der Waals surface area (Å²) in [5.74, 6) is 1.29. The number of thioether (sulfide) groups is 1. The maximum Gasteiger partial charge on any atom is 0.435 e. The number of fused-ring (bicyclic) bond motifs is 1. The Morgan fingerprint density at radius 2 is 1.79 bits per heavy atom. The van der Waals surface area contributed by atoms with Crippen molar-refractivity contribution in [2.75, 3.05) is 11.5 Å². The average molecular weight is 547 g/mol. The molecule has 34 heavy (non-hydrogen) atoms. The number of carbonyl (C=O) groups is 1. The Morgan fingerprint density at radius 3 is 2.41 bits per heavy atom. The van der Waals surface area contributed by atoms with Crippen molar-refractivity contribution < 1.29 is 22.8 Å². The van der Waals surface area contributed by atoms with Gasteiger partial charge in [0.05, 0.1) is 35.0 Å². The van der Waals surface area contributed by atoms with E-state index in [1.165, 1.54) is 18.2 Å². The Kier molecular flexibility index (Phi) is 5.74. The second-order valence-electron chi connectivity index (χ2n) is 8.42. The van der Waals surface area contributed by atoms with E-state index in [1.54, 1.807) is 11.8 Å². The van der Waals surface area contributed by atoms with E-state index < -0.39 is 18.2 Å². The quantitative estimate of drug-likeness (QED) is 0.446.